The Morgan fingerprint density at radius 3 is 2.77 bits per heavy atom. The van der Waals surface area contributed by atoms with E-state index in [1.54, 1.807) is 37.3 Å². The number of amides is 3. The molecule has 2 N–H and O–H groups in total. The predicted octanol–water partition coefficient (Wildman–Crippen LogP) is 2.74. The molecular formula is C26H31N3O6. The Bertz CT molecular complexity index is 1100. The minimum atomic E-state index is -0.350. The predicted molar refractivity (Wildman–Crippen MR) is 129 cm³/mol. The second kappa shape index (κ2) is 10.8. The molecule has 0 spiro atoms. The number of ether oxygens (including phenoxy) is 3. The lowest BCUT2D eigenvalue weighted by Crippen LogP contribution is -2.53. The van der Waals surface area contributed by atoms with Crippen molar-refractivity contribution in [2.24, 2.45) is 0 Å². The molecule has 0 unspecified atom stereocenters. The van der Waals surface area contributed by atoms with Crippen LogP contribution >= 0.6 is 0 Å². The van der Waals surface area contributed by atoms with Crippen LogP contribution in [0.15, 0.2) is 42.5 Å². The van der Waals surface area contributed by atoms with Crippen molar-refractivity contribution < 1.29 is 28.6 Å². The molecule has 9 nitrogen and oxygen atoms in total. The fourth-order valence-corrected chi connectivity index (χ4v) is 4.57. The summed E-state index contributed by atoms with van der Waals surface area (Å²) in [7, 11) is 3.36. The molecule has 2 heterocycles. The van der Waals surface area contributed by atoms with Gasteiger partial charge in [-0.2, -0.15) is 0 Å². The number of nitrogens with zero attached hydrogens (tertiary/aromatic N) is 1. The first-order valence-corrected chi connectivity index (χ1v) is 11.7. The third-order valence-electron chi connectivity index (χ3n) is 6.37. The molecule has 2 aliphatic heterocycles. The van der Waals surface area contributed by atoms with Crippen molar-refractivity contribution in [3.05, 3.63) is 53.6 Å². The number of nitrogens with one attached hydrogen (secondary N) is 2. The van der Waals surface area contributed by atoms with Crippen molar-refractivity contribution in [3.8, 4) is 11.5 Å². The van der Waals surface area contributed by atoms with E-state index in [0.717, 1.165) is 11.3 Å². The number of hydrogen-bond donors (Lipinski definition) is 2. The molecule has 1 fully saturated rings. The van der Waals surface area contributed by atoms with Gasteiger partial charge in [-0.1, -0.05) is 12.1 Å². The Morgan fingerprint density at radius 2 is 2.00 bits per heavy atom. The van der Waals surface area contributed by atoms with Crippen LogP contribution in [0.3, 0.4) is 0 Å². The molecule has 2 aromatic carbocycles. The summed E-state index contributed by atoms with van der Waals surface area (Å²) in [6.45, 7) is 2.09. The highest BCUT2D eigenvalue weighted by atomic mass is 16.5. The minimum absolute atomic E-state index is 0.0942. The van der Waals surface area contributed by atoms with Crippen LogP contribution in [-0.4, -0.2) is 61.6 Å². The number of benzene rings is 2. The first kappa shape index (κ1) is 24.5. The number of carbonyl (C=O) groups excluding carboxylic acids is 3. The molecule has 0 aliphatic carbocycles. The Balaban J connectivity index is 1.37. The van der Waals surface area contributed by atoms with Gasteiger partial charge in [-0.3, -0.25) is 14.4 Å². The van der Waals surface area contributed by atoms with E-state index in [2.05, 4.69) is 10.6 Å². The molecule has 2 aromatic rings. The van der Waals surface area contributed by atoms with Crippen LogP contribution in [0.5, 0.6) is 11.5 Å². The van der Waals surface area contributed by atoms with Crippen molar-refractivity contribution in [1.82, 2.24) is 10.2 Å². The number of likely N-dealkylation sites (N-methyl/N-ethyl adjacent to an activating group) is 1. The standard InChI is InChI=1S/C26H31N3O6/c1-16(30)28-18-7-10-23-21(12-18)26(32)29(2)22-9-8-20(35-24(22)15-34-23)13-25(31)27-14-17-5-4-6-19(11-17)33-3/h4-7,10-12,20,22,24H,8-9,13-15H2,1-3H3,(H,27,31)(H,28,30)/t20-,22+,24-/m1/s1. The van der Waals surface area contributed by atoms with E-state index in [9.17, 15) is 14.4 Å². The van der Waals surface area contributed by atoms with Gasteiger partial charge in [0.2, 0.25) is 11.8 Å². The second-order valence-electron chi connectivity index (χ2n) is 8.89. The van der Waals surface area contributed by atoms with Crippen molar-refractivity contribution in [2.45, 2.75) is 51.0 Å². The summed E-state index contributed by atoms with van der Waals surface area (Å²) in [6.07, 6.45) is 0.989. The number of rotatable bonds is 6. The number of anilines is 1. The van der Waals surface area contributed by atoms with E-state index >= 15 is 0 Å². The Kier molecular flexibility index (Phi) is 7.55. The molecule has 3 atom stereocenters. The Hall–Kier alpha value is -3.59. The summed E-state index contributed by atoms with van der Waals surface area (Å²) in [5.41, 5.74) is 1.89. The van der Waals surface area contributed by atoms with Gasteiger partial charge in [-0.15, -0.1) is 0 Å². The maximum Gasteiger partial charge on any atom is 0.257 e. The zero-order valence-corrected chi connectivity index (χ0v) is 20.2. The Labute approximate surface area is 204 Å². The van der Waals surface area contributed by atoms with Gasteiger partial charge in [-0.05, 0) is 48.7 Å². The molecule has 35 heavy (non-hydrogen) atoms. The normalized spacial score (nSPS) is 21.5. The second-order valence-corrected chi connectivity index (χ2v) is 8.89. The molecule has 2 aliphatic rings. The summed E-state index contributed by atoms with van der Waals surface area (Å²) >= 11 is 0. The minimum Gasteiger partial charge on any atom is -0.497 e. The van der Waals surface area contributed by atoms with Gasteiger partial charge < -0.3 is 29.7 Å². The summed E-state index contributed by atoms with van der Waals surface area (Å²) in [6, 6.07) is 12.4. The highest BCUT2D eigenvalue weighted by Crippen LogP contribution is 2.32. The summed E-state index contributed by atoms with van der Waals surface area (Å²) < 4.78 is 17.4. The number of carbonyl (C=O) groups is 3. The third kappa shape index (κ3) is 5.92. The molecule has 1 saturated heterocycles. The third-order valence-corrected chi connectivity index (χ3v) is 6.37. The number of fused-ring (bicyclic) bond motifs is 2. The summed E-state index contributed by atoms with van der Waals surface area (Å²) in [5.74, 6) is 0.686. The quantitative estimate of drug-likeness (QED) is 0.657. The number of methoxy groups -OCH3 is 1. The van der Waals surface area contributed by atoms with Crippen molar-refractivity contribution in [3.63, 3.8) is 0 Å². The van der Waals surface area contributed by atoms with Crippen LogP contribution in [0.1, 0.15) is 42.1 Å². The molecule has 186 valence electrons. The first-order chi connectivity index (χ1) is 16.8. The van der Waals surface area contributed by atoms with Gasteiger partial charge in [0.05, 0.1) is 31.2 Å². The largest absolute Gasteiger partial charge is 0.497 e. The lowest BCUT2D eigenvalue weighted by atomic mass is 9.94. The van der Waals surface area contributed by atoms with Gasteiger partial charge in [0.25, 0.3) is 5.91 Å². The van der Waals surface area contributed by atoms with Crippen molar-refractivity contribution in [1.29, 1.82) is 0 Å². The van der Waals surface area contributed by atoms with Crippen LogP contribution in [0, 0.1) is 0 Å². The van der Waals surface area contributed by atoms with E-state index < -0.39 is 0 Å². The molecule has 0 bridgehead atoms. The maximum absolute atomic E-state index is 13.2. The van der Waals surface area contributed by atoms with Gasteiger partial charge in [0, 0.05) is 26.2 Å². The van der Waals surface area contributed by atoms with Gasteiger partial charge in [0.15, 0.2) is 0 Å². The van der Waals surface area contributed by atoms with E-state index in [-0.39, 0.29) is 49.0 Å². The smallest absolute Gasteiger partial charge is 0.257 e. The van der Waals surface area contributed by atoms with Crippen molar-refractivity contribution in [2.75, 3.05) is 26.1 Å². The highest BCUT2D eigenvalue weighted by Gasteiger charge is 2.39. The molecule has 9 heteroatoms. The fourth-order valence-electron chi connectivity index (χ4n) is 4.57. The van der Waals surface area contributed by atoms with Crippen LogP contribution < -0.4 is 20.1 Å². The van der Waals surface area contributed by atoms with Gasteiger partial charge in [-0.25, -0.2) is 0 Å². The van der Waals surface area contributed by atoms with E-state index in [4.69, 9.17) is 14.2 Å². The SMILES string of the molecule is COc1cccc(CNC(=O)C[C@H]2CC[C@H]3[C@@H](COc4ccc(NC(C)=O)cc4C(=O)N3C)O2)c1. The first-order valence-electron chi connectivity index (χ1n) is 11.7. The van der Waals surface area contributed by atoms with E-state index in [1.165, 1.54) is 6.92 Å². The Morgan fingerprint density at radius 1 is 1.17 bits per heavy atom. The maximum atomic E-state index is 13.2. The molecule has 0 saturated carbocycles. The van der Waals surface area contributed by atoms with Gasteiger partial charge in [0.1, 0.15) is 24.2 Å². The molecule has 0 radical (unpaired) electrons. The lowest BCUT2D eigenvalue weighted by molar-refractivity contribution is -0.134. The molecular weight excluding hydrogens is 450 g/mol. The van der Waals surface area contributed by atoms with E-state index in [1.807, 2.05) is 24.3 Å². The van der Waals surface area contributed by atoms with Crippen LogP contribution in [-0.2, 0) is 20.9 Å². The molecule has 4 rings (SSSR count). The molecule has 3 amide bonds. The highest BCUT2D eigenvalue weighted by molar-refractivity contribution is 5.99. The van der Waals surface area contributed by atoms with Crippen LogP contribution in [0.2, 0.25) is 0 Å². The zero-order chi connectivity index (χ0) is 24.9. The van der Waals surface area contributed by atoms with Crippen LogP contribution in [0.4, 0.5) is 5.69 Å². The topological polar surface area (TPSA) is 106 Å². The van der Waals surface area contributed by atoms with Crippen molar-refractivity contribution >= 4 is 23.4 Å². The lowest BCUT2D eigenvalue weighted by Gasteiger charge is -2.42. The zero-order valence-electron chi connectivity index (χ0n) is 20.2. The summed E-state index contributed by atoms with van der Waals surface area (Å²) in [4.78, 5) is 38.9. The average molecular weight is 482 g/mol. The van der Waals surface area contributed by atoms with Crippen LogP contribution in [0.25, 0.3) is 0 Å². The van der Waals surface area contributed by atoms with Gasteiger partial charge >= 0.3 is 0 Å². The fraction of sp³-hybridized carbons (Fsp3) is 0.423. The molecule has 0 aromatic heterocycles. The monoisotopic (exact) mass is 481 g/mol. The average Bonchev–Trinajstić information content (AvgIpc) is 2.85. The summed E-state index contributed by atoms with van der Waals surface area (Å²) in [5, 5.41) is 5.64. The number of hydrogen-bond acceptors (Lipinski definition) is 6. The van der Waals surface area contributed by atoms with E-state index in [0.29, 0.717) is 36.4 Å².